The molecule has 2 aromatic carbocycles. The number of rotatable bonds is 6. The van der Waals surface area contributed by atoms with Gasteiger partial charge in [0.25, 0.3) is 0 Å². The van der Waals surface area contributed by atoms with E-state index in [9.17, 15) is 9.50 Å². The van der Waals surface area contributed by atoms with Crippen LogP contribution in [0.3, 0.4) is 0 Å². The molecule has 0 heterocycles. The van der Waals surface area contributed by atoms with Crippen LogP contribution in [0.4, 0.5) is 10.1 Å². The number of aliphatic hydroxyl groups excluding tert-OH is 1. The van der Waals surface area contributed by atoms with Crippen LogP contribution < -0.4 is 4.90 Å². The van der Waals surface area contributed by atoms with Crippen LogP contribution in [0.15, 0.2) is 54.6 Å². The standard InChI is InChI=1S/C18H22FNO/c1-3-20(17-12-8-7-11-16(17)19)13-18(2,14-21)15-9-5-4-6-10-15/h4-12,21H,3,13-14H2,1-2H3. The molecule has 0 saturated heterocycles. The second-order valence-corrected chi connectivity index (χ2v) is 5.55. The molecule has 0 aromatic heterocycles. The Bertz CT molecular complexity index is 572. The number of aliphatic hydroxyl groups is 1. The lowest BCUT2D eigenvalue weighted by Crippen LogP contribution is -2.42. The summed E-state index contributed by atoms with van der Waals surface area (Å²) in [7, 11) is 0. The average molecular weight is 287 g/mol. The Morgan fingerprint density at radius 1 is 1.05 bits per heavy atom. The monoisotopic (exact) mass is 287 g/mol. The van der Waals surface area contributed by atoms with E-state index < -0.39 is 5.41 Å². The lowest BCUT2D eigenvalue weighted by atomic mass is 9.82. The van der Waals surface area contributed by atoms with Gasteiger partial charge in [-0.3, -0.25) is 0 Å². The molecule has 0 spiro atoms. The molecule has 0 amide bonds. The summed E-state index contributed by atoms with van der Waals surface area (Å²) in [5.74, 6) is -0.229. The number of para-hydroxylation sites is 1. The molecule has 21 heavy (non-hydrogen) atoms. The molecule has 0 aliphatic heterocycles. The zero-order valence-corrected chi connectivity index (χ0v) is 12.6. The fourth-order valence-corrected chi connectivity index (χ4v) is 2.57. The minimum absolute atomic E-state index is 0.0158. The maximum Gasteiger partial charge on any atom is 0.146 e. The van der Waals surface area contributed by atoms with Gasteiger partial charge in [-0.05, 0) is 24.6 Å². The normalized spacial score (nSPS) is 13.7. The van der Waals surface area contributed by atoms with Crippen LogP contribution in [-0.2, 0) is 5.41 Å². The molecule has 0 bridgehead atoms. The molecule has 1 unspecified atom stereocenters. The van der Waals surface area contributed by atoms with Gasteiger partial charge in [0, 0.05) is 18.5 Å². The van der Waals surface area contributed by atoms with Crippen molar-refractivity contribution in [3.05, 3.63) is 66.0 Å². The van der Waals surface area contributed by atoms with Crippen molar-refractivity contribution in [2.75, 3.05) is 24.6 Å². The van der Waals surface area contributed by atoms with E-state index in [1.54, 1.807) is 12.1 Å². The van der Waals surface area contributed by atoms with Crippen LogP contribution in [0.5, 0.6) is 0 Å². The van der Waals surface area contributed by atoms with Crippen LogP contribution in [0.1, 0.15) is 19.4 Å². The van der Waals surface area contributed by atoms with Crippen LogP contribution >= 0.6 is 0 Å². The van der Waals surface area contributed by atoms with E-state index >= 15 is 0 Å². The van der Waals surface area contributed by atoms with Gasteiger partial charge in [-0.15, -0.1) is 0 Å². The predicted molar refractivity (Wildman–Crippen MR) is 85.2 cm³/mol. The predicted octanol–water partition coefficient (Wildman–Crippen LogP) is 3.60. The molecule has 112 valence electrons. The van der Waals surface area contributed by atoms with Gasteiger partial charge >= 0.3 is 0 Å². The van der Waals surface area contributed by atoms with Crippen LogP contribution in [0.2, 0.25) is 0 Å². The highest BCUT2D eigenvalue weighted by molar-refractivity contribution is 5.48. The quantitative estimate of drug-likeness (QED) is 0.877. The first-order valence-corrected chi connectivity index (χ1v) is 7.26. The Balaban J connectivity index is 2.30. The highest BCUT2D eigenvalue weighted by Crippen LogP contribution is 2.28. The highest BCUT2D eigenvalue weighted by Gasteiger charge is 2.29. The number of hydrogen-bond donors (Lipinski definition) is 1. The Morgan fingerprint density at radius 3 is 2.24 bits per heavy atom. The summed E-state index contributed by atoms with van der Waals surface area (Å²) in [6, 6.07) is 16.7. The summed E-state index contributed by atoms with van der Waals surface area (Å²) in [5.41, 5.74) is 1.21. The van der Waals surface area contributed by atoms with E-state index in [2.05, 4.69) is 0 Å². The summed E-state index contributed by atoms with van der Waals surface area (Å²) in [4.78, 5) is 1.97. The zero-order valence-electron chi connectivity index (χ0n) is 12.6. The van der Waals surface area contributed by atoms with E-state index in [-0.39, 0.29) is 12.4 Å². The highest BCUT2D eigenvalue weighted by atomic mass is 19.1. The third-order valence-electron chi connectivity index (χ3n) is 3.93. The van der Waals surface area contributed by atoms with E-state index in [1.807, 2.05) is 55.1 Å². The molecule has 0 saturated carbocycles. The summed E-state index contributed by atoms with van der Waals surface area (Å²) < 4.78 is 14.0. The van der Waals surface area contributed by atoms with E-state index in [0.29, 0.717) is 18.8 Å². The van der Waals surface area contributed by atoms with Gasteiger partial charge < -0.3 is 10.0 Å². The first-order valence-electron chi connectivity index (χ1n) is 7.26. The molecular weight excluding hydrogens is 265 g/mol. The van der Waals surface area contributed by atoms with Gasteiger partial charge in [0.15, 0.2) is 0 Å². The molecule has 1 atom stereocenters. The third-order valence-corrected chi connectivity index (χ3v) is 3.93. The number of likely N-dealkylation sites (N-methyl/N-ethyl adjacent to an activating group) is 1. The Kier molecular flexibility index (Phi) is 4.97. The van der Waals surface area contributed by atoms with E-state index in [1.165, 1.54) is 6.07 Å². The van der Waals surface area contributed by atoms with Crippen LogP contribution in [0, 0.1) is 5.82 Å². The summed E-state index contributed by atoms with van der Waals surface area (Å²) >= 11 is 0. The lowest BCUT2D eigenvalue weighted by molar-refractivity contribution is 0.208. The van der Waals surface area contributed by atoms with Crippen molar-refractivity contribution in [2.45, 2.75) is 19.3 Å². The van der Waals surface area contributed by atoms with Gasteiger partial charge in [-0.1, -0.05) is 49.4 Å². The Labute approximate surface area is 125 Å². The topological polar surface area (TPSA) is 23.5 Å². The third kappa shape index (κ3) is 3.42. The van der Waals surface area contributed by atoms with Gasteiger partial charge in [-0.25, -0.2) is 4.39 Å². The van der Waals surface area contributed by atoms with Gasteiger partial charge in [0.2, 0.25) is 0 Å². The fourth-order valence-electron chi connectivity index (χ4n) is 2.57. The summed E-state index contributed by atoms with van der Waals surface area (Å²) in [5, 5.41) is 9.88. The lowest BCUT2D eigenvalue weighted by Gasteiger charge is -2.35. The molecule has 0 aliphatic carbocycles. The van der Waals surface area contributed by atoms with Crippen molar-refractivity contribution in [1.29, 1.82) is 0 Å². The van der Waals surface area contributed by atoms with Crippen molar-refractivity contribution in [3.63, 3.8) is 0 Å². The van der Waals surface area contributed by atoms with Crippen LogP contribution in [0.25, 0.3) is 0 Å². The van der Waals surface area contributed by atoms with E-state index in [4.69, 9.17) is 0 Å². The van der Waals surface area contributed by atoms with Crippen molar-refractivity contribution >= 4 is 5.69 Å². The number of nitrogens with zero attached hydrogens (tertiary/aromatic N) is 1. The smallest absolute Gasteiger partial charge is 0.146 e. The molecule has 0 radical (unpaired) electrons. The number of anilines is 1. The number of hydrogen-bond acceptors (Lipinski definition) is 2. The average Bonchev–Trinajstić information content (AvgIpc) is 2.54. The fraction of sp³-hybridized carbons (Fsp3) is 0.333. The summed E-state index contributed by atoms with van der Waals surface area (Å²) in [6.45, 7) is 5.26. The molecule has 2 rings (SSSR count). The molecule has 0 fully saturated rings. The maximum absolute atomic E-state index is 14.0. The Hall–Kier alpha value is -1.87. The van der Waals surface area contributed by atoms with E-state index in [0.717, 1.165) is 5.56 Å². The molecule has 3 heteroatoms. The summed E-state index contributed by atoms with van der Waals surface area (Å²) in [6.07, 6.45) is 0. The first-order chi connectivity index (χ1) is 10.1. The Morgan fingerprint density at radius 2 is 1.67 bits per heavy atom. The molecular formula is C18H22FNO. The number of halogens is 1. The van der Waals surface area contributed by atoms with Crippen molar-refractivity contribution < 1.29 is 9.50 Å². The minimum Gasteiger partial charge on any atom is -0.395 e. The van der Waals surface area contributed by atoms with Gasteiger partial charge in [0.05, 0.1) is 12.3 Å². The van der Waals surface area contributed by atoms with Crippen molar-refractivity contribution in [2.24, 2.45) is 0 Å². The molecule has 2 aromatic rings. The SMILES string of the molecule is CCN(CC(C)(CO)c1ccccc1)c1ccccc1F. The minimum atomic E-state index is -0.431. The zero-order chi connectivity index (χ0) is 15.3. The first kappa shape index (κ1) is 15.5. The number of benzene rings is 2. The van der Waals surface area contributed by atoms with Gasteiger partial charge in [0.1, 0.15) is 5.82 Å². The van der Waals surface area contributed by atoms with Crippen molar-refractivity contribution in [1.82, 2.24) is 0 Å². The largest absolute Gasteiger partial charge is 0.395 e. The second-order valence-electron chi connectivity index (χ2n) is 5.55. The molecule has 1 N–H and O–H groups in total. The molecule has 0 aliphatic rings. The van der Waals surface area contributed by atoms with Gasteiger partial charge in [-0.2, -0.15) is 0 Å². The maximum atomic E-state index is 14.0. The second kappa shape index (κ2) is 6.72. The molecule has 2 nitrogen and oxygen atoms in total. The van der Waals surface area contributed by atoms with Crippen LogP contribution in [-0.4, -0.2) is 24.8 Å². The van der Waals surface area contributed by atoms with Crippen molar-refractivity contribution in [3.8, 4) is 0 Å².